The van der Waals surface area contributed by atoms with Crippen LogP contribution in [-0.4, -0.2) is 31.3 Å². The zero-order valence-electron chi connectivity index (χ0n) is 8.13. The first-order valence-corrected chi connectivity index (χ1v) is 6.38. The molecule has 2 N–H and O–H groups in total. The van der Waals surface area contributed by atoms with Gasteiger partial charge in [-0.1, -0.05) is 0 Å². The Morgan fingerprint density at radius 3 is 2.85 bits per heavy atom. The molecule has 0 saturated carbocycles. The Morgan fingerprint density at radius 1 is 1.38 bits per heavy atom. The standard InChI is InChI=1S/C10H19NOS/c11-7-9-1-6-13-8-10(9)2-4-12-5-3-10/h9H,1-8,11H2. The first-order valence-electron chi connectivity index (χ1n) is 5.23. The molecule has 13 heavy (non-hydrogen) atoms. The maximum atomic E-state index is 5.86. The summed E-state index contributed by atoms with van der Waals surface area (Å²) in [5.41, 5.74) is 6.40. The van der Waals surface area contributed by atoms with Crippen molar-refractivity contribution < 1.29 is 4.74 Å². The molecule has 3 heteroatoms. The summed E-state index contributed by atoms with van der Waals surface area (Å²) < 4.78 is 5.44. The Bertz CT molecular complexity index is 160. The molecule has 76 valence electrons. The van der Waals surface area contributed by atoms with Gasteiger partial charge in [0.15, 0.2) is 0 Å². The lowest BCUT2D eigenvalue weighted by Crippen LogP contribution is -2.44. The van der Waals surface area contributed by atoms with Crippen molar-refractivity contribution >= 4 is 11.8 Å². The van der Waals surface area contributed by atoms with Gasteiger partial charge in [-0.05, 0) is 48.6 Å². The van der Waals surface area contributed by atoms with Gasteiger partial charge in [-0.25, -0.2) is 0 Å². The summed E-state index contributed by atoms with van der Waals surface area (Å²) in [6.07, 6.45) is 3.80. The average molecular weight is 201 g/mol. The van der Waals surface area contributed by atoms with Gasteiger partial charge in [-0.15, -0.1) is 0 Å². The third-order valence-corrected chi connectivity index (χ3v) is 4.94. The normalized spacial score (nSPS) is 33.5. The molecule has 0 radical (unpaired) electrons. The molecule has 0 aliphatic carbocycles. The zero-order chi connectivity index (χ0) is 9.15. The van der Waals surface area contributed by atoms with Crippen LogP contribution in [0.1, 0.15) is 19.3 Å². The summed E-state index contributed by atoms with van der Waals surface area (Å²) in [7, 11) is 0. The van der Waals surface area contributed by atoms with Crippen LogP contribution in [-0.2, 0) is 4.74 Å². The second-order valence-electron chi connectivity index (χ2n) is 4.25. The van der Waals surface area contributed by atoms with Crippen molar-refractivity contribution in [2.45, 2.75) is 19.3 Å². The van der Waals surface area contributed by atoms with Crippen LogP contribution >= 0.6 is 11.8 Å². The van der Waals surface area contributed by atoms with Crippen molar-refractivity contribution in [3.05, 3.63) is 0 Å². The fraction of sp³-hybridized carbons (Fsp3) is 1.00. The first-order chi connectivity index (χ1) is 6.37. The second kappa shape index (κ2) is 4.20. The summed E-state index contributed by atoms with van der Waals surface area (Å²) in [5, 5.41) is 0. The highest BCUT2D eigenvalue weighted by Crippen LogP contribution is 2.45. The molecule has 2 nitrogen and oxygen atoms in total. The Morgan fingerprint density at radius 2 is 2.15 bits per heavy atom. The van der Waals surface area contributed by atoms with Crippen molar-refractivity contribution in [3.8, 4) is 0 Å². The van der Waals surface area contributed by atoms with Crippen molar-refractivity contribution in [2.75, 3.05) is 31.3 Å². The second-order valence-corrected chi connectivity index (χ2v) is 5.35. The van der Waals surface area contributed by atoms with Gasteiger partial charge in [0.2, 0.25) is 0 Å². The molecule has 0 aromatic carbocycles. The summed E-state index contributed by atoms with van der Waals surface area (Å²) in [5.74, 6) is 3.39. The van der Waals surface area contributed by atoms with Crippen LogP contribution in [0.3, 0.4) is 0 Å². The summed E-state index contributed by atoms with van der Waals surface area (Å²) in [6.45, 7) is 2.79. The van der Waals surface area contributed by atoms with Gasteiger partial charge in [0.25, 0.3) is 0 Å². The van der Waals surface area contributed by atoms with Gasteiger partial charge < -0.3 is 10.5 Å². The first kappa shape index (κ1) is 9.81. The lowest BCUT2D eigenvalue weighted by Gasteiger charge is -2.46. The van der Waals surface area contributed by atoms with Crippen LogP contribution < -0.4 is 5.73 Å². The molecule has 2 saturated heterocycles. The van der Waals surface area contributed by atoms with E-state index in [1.807, 2.05) is 0 Å². The maximum absolute atomic E-state index is 5.86. The number of ether oxygens (including phenoxy) is 1. The molecule has 2 fully saturated rings. The lowest BCUT2D eigenvalue weighted by atomic mass is 9.70. The molecule has 0 aromatic rings. The van der Waals surface area contributed by atoms with E-state index in [-0.39, 0.29) is 0 Å². The van der Waals surface area contributed by atoms with Crippen molar-refractivity contribution in [1.29, 1.82) is 0 Å². The van der Waals surface area contributed by atoms with E-state index in [1.54, 1.807) is 0 Å². The van der Waals surface area contributed by atoms with Gasteiger partial charge in [0.05, 0.1) is 0 Å². The number of hydrogen-bond donors (Lipinski definition) is 1. The quantitative estimate of drug-likeness (QED) is 0.698. The molecule has 0 bridgehead atoms. The summed E-state index contributed by atoms with van der Waals surface area (Å²) >= 11 is 2.11. The van der Waals surface area contributed by atoms with Gasteiger partial charge in [-0.3, -0.25) is 0 Å². The third-order valence-electron chi connectivity index (χ3n) is 3.64. The SMILES string of the molecule is NCC1CCSCC12CCOCC2. The summed E-state index contributed by atoms with van der Waals surface area (Å²) in [4.78, 5) is 0. The monoisotopic (exact) mass is 201 g/mol. The largest absolute Gasteiger partial charge is 0.381 e. The van der Waals surface area contributed by atoms with E-state index in [0.717, 1.165) is 25.7 Å². The number of rotatable bonds is 1. The topological polar surface area (TPSA) is 35.2 Å². The van der Waals surface area contributed by atoms with E-state index in [4.69, 9.17) is 10.5 Å². The van der Waals surface area contributed by atoms with E-state index in [0.29, 0.717) is 5.41 Å². The van der Waals surface area contributed by atoms with Gasteiger partial charge in [0.1, 0.15) is 0 Å². The predicted molar refractivity (Wildman–Crippen MR) is 57.0 cm³/mol. The smallest absolute Gasteiger partial charge is 0.0471 e. The molecule has 2 aliphatic rings. The highest BCUT2D eigenvalue weighted by molar-refractivity contribution is 7.99. The predicted octanol–water partition coefficient (Wildman–Crippen LogP) is 1.49. The average Bonchev–Trinajstić information content (AvgIpc) is 2.20. The minimum Gasteiger partial charge on any atom is -0.381 e. The van der Waals surface area contributed by atoms with E-state index in [1.165, 1.54) is 30.8 Å². The van der Waals surface area contributed by atoms with Crippen LogP contribution in [0.2, 0.25) is 0 Å². The van der Waals surface area contributed by atoms with Crippen molar-refractivity contribution in [1.82, 2.24) is 0 Å². The van der Waals surface area contributed by atoms with Crippen LogP contribution in [0, 0.1) is 11.3 Å². The van der Waals surface area contributed by atoms with E-state index >= 15 is 0 Å². The molecule has 2 rings (SSSR count). The van der Waals surface area contributed by atoms with Crippen LogP contribution in [0.4, 0.5) is 0 Å². The fourth-order valence-corrected chi connectivity index (χ4v) is 4.15. The Balaban J connectivity index is 2.06. The Labute approximate surface area is 84.6 Å². The van der Waals surface area contributed by atoms with E-state index in [9.17, 15) is 0 Å². The molecule has 2 heterocycles. The number of hydrogen-bond acceptors (Lipinski definition) is 3. The molecular weight excluding hydrogens is 182 g/mol. The Hall–Kier alpha value is 0.270. The van der Waals surface area contributed by atoms with Gasteiger partial charge in [0, 0.05) is 13.2 Å². The van der Waals surface area contributed by atoms with Crippen LogP contribution in [0.25, 0.3) is 0 Å². The van der Waals surface area contributed by atoms with Crippen LogP contribution in [0.5, 0.6) is 0 Å². The molecule has 1 atom stereocenters. The zero-order valence-corrected chi connectivity index (χ0v) is 8.94. The van der Waals surface area contributed by atoms with E-state index < -0.39 is 0 Å². The lowest BCUT2D eigenvalue weighted by molar-refractivity contribution is -0.00555. The Kier molecular flexibility index (Phi) is 3.17. The molecule has 0 aromatic heterocycles. The number of nitrogens with two attached hydrogens (primary N) is 1. The molecular formula is C10H19NOS. The van der Waals surface area contributed by atoms with Gasteiger partial charge >= 0.3 is 0 Å². The molecule has 2 aliphatic heterocycles. The minimum atomic E-state index is 0.538. The van der Waals surface area contributed by atoms with Gasteiger partial charge in [-0.2, -0.15) is 11.8 Å². The third kappa shape index (κ3) is 1.88. The highest BCUT2D eigenvalue weighted by Gasteiger charge is 2.41. The molecule has 1 unspecified atom stereocenters. The van der Waals surface area contributed by atoms with Crippen molar-refractivity contribution in [2.24, 2.45) is 17.1 Å². The maximum Gasteiger partial charge on any atom is 0.0471 e. The highest BCUT2D eigenvalue weighted by atomic mass is 32.2. The minimum absolute atomic E-state index is 0.538. The van der Waals surface area contributed by atoms with Crippen molar-refractivity contribution in [3.63, 3.8) is 0 Å². The fourth-order valence-electron chi connectivity index (χ4n) is 2.62. The molecule has 1 spiro atoms. The van der Waals surface area contributed by atoms with Crippen LogP contribution in [0.15, 0.2) is 0 Å². The number of thioether (sulfide) groups is 1. The van der Waals surface area contributed by atoms with E-state index in [2.05, 4.69) is 11.8 Å². The molecule has 0 amide bonds. The summed E-state index contributed by atoms with van der Waals surface area (Å²) in [6, 6.07) is 0.